The van der Waals surface area contributed by atoms with Crippen LogP contribution in [0.2, 0.25) is 0 Å². The molecule has 24 heavy (non-hydrogen) atoms. The minimum atomic E-state index is -4.16. The molecule has 0 aliphatic heterocycles. The van der Waals surface area contributed by atoms with Gasteiger partial charge in [-0.15, -0.1) is 0 Å². The average molecular weight is 369 g/mol. The summed E-state index contributed by atoms with van der Waals surface area (Å²) in [7, 11) is -4.80. The van der Waals surface area contributed by atoms with Crippen LogP contribution in [0.15, 0.2) is 68.2 Å². The lowest BCUT2D eigenvalue weighted by Crippen LogP contribution is -2.23. The molecule has 0 fully saturated rings. The van der Waals surface area contributed by atoms with Gasteiger partial charge in [0.05, 0.1) is 14.7 Å². The second kappa shape index (κ2) is 6.67. The molecule has 0 saturated carbocycles. The summed E-state index contributed by atoms with van der Waals surface area (Å²) in [4.78, 5) is 10.1. The maximum absolute atomic E-state index is 13.2. The zero-order valence-electron chi connectivity index (χ0n) is 12.9. The topological polar surface area (TPSA) is 110 Å². The second-order valence-corrected chi connectivity index (χ2v) is 9.14. The van der Waals surface area contributed by atoms with Crippen molar-refractivity contribution in [3.05, 3.63) is 64.7 Å². The summed E-state index contributed by atoms with van der Waals surface area (Å²) in [5.41, 5.74) is -0.190. The average Bonchev–Trinajstić information content (AvgIpc) is 2.55. The van der Waals surface area contributed by atoms with Gasteiger partial charge in [-0.1, -0.05) is 22.0 Å². The van der Waals surface area contributed by atoms with E-state index in [0.717, 1.165) is 12.1 Å². The van der Waals surface area contributed by atoms with Gasteiger partial charge >= 0.3 is 0 Å². The molecule has 8 nitrogen and oxygen atoms in total. The van der Waals surface area contributed by atoms with Crippen LogP contribution in [0.25, 0.3) is 0 Å². The number of sulfonamides is 1. The zero-order valence-corrected chi connectivity index (χ0v) is 14.5. The molecule has 2 rings (SSSR count). The first-order chi connectivity index (χ1) is 11.2. The molecule has 2 aromatic carbocycles. The number of rotatable bonds is 5. The summed E-state index contributed by atoms with van der Waals surface area (Å²) in [6.07, 6.45) is 0. The molecule has 1 unspecified atom stereocenters. The van der Waals surface area contributed by atoms with Crippen molar-refractivity contribution in [2.24, 2.45) is 3.77 Å². The van der Waals surface area contributed by atoms with Crippen LogP contribution in [0.5, 0.6) is 0 Å². The highest BCUT2D eigenvalue weighted by Crippen LogP contribution is 2.23. The highest BCUT2D eigenvalue weighted by atomic mass is 32.3. The van der Waals surface area contributed by atoms with Gasteiger partial charge in [0.25, 0.3) is 15.7 Å². The fourth-order valence-corrected chi connectivity index (χ4v) is 5.53. The predicted molar refractivity (Wildman–Crippen MR) is 89.2 cm³/mol. The van der Waals surface area contributed by atoms with Crippen LogP contribution in [0.1, 0.15) is 0 Å². The van der Waals surface area contributed by atoms with E-state index in [4.69, 9.17) is 0 Å². The van der Waals surface area contributed by atoms with Gasteiger partial charge < -0.3 is 0 Å². The monoisotopic (exact) mass is 369 g/mol. The maximum atomic E-state index is 13.2. The third-order valence-corrected chi connectivity index (χ3v) is 7.43. The molecular formula is C14H15N3O5S2. The van der Waals surface area contributed by atoms with Gasteiger partial charge in [0.1, 0.15) is 0 Å². The normalized spacial score (nSPS) is 14.1. The van der Waals surface area contributed by atoms with E-state index in [2.05, 4.69) is 3.77 Å². The van der Waals surface area contributed by atoms with E-state index >= 15 is 0 Å². The van der Waals surface area contributed by atoms with Gasteiger partial charge in [-0.05, 0) is 24.3 Å². The van der Waals surface area contributed by atoms with Gasteiger partial charge in [0, 0.05) is 26.2 Å². The van der Waals surface area contributed by atoms with E-state index in [-0.39, 0.29) is 15.5 Å². The standard InChI is InChI=1S/C14H15N3O5S2/c1-16(2)23(20,13-10-8-12(9-11-13)17(18)19)15-24(21,22)14-6-4-3-5-7-14/h3-11H,1-2H3. The van der Waals surface area contributed by atoms with Crippen LogP contribution in [0.4, 0.5) is 5.69 Å². The van der Waals surface area contributed by atoms with Gasteiger partial charge in [0.2, 0.25) is 0 Å². The fourth-order valence-electron chi connectivity index (χ4n) is 1.83. The van der Waals surface area contributed by atoms with Crippen molar-refractivity contribution in [2.45, 2.75) is 9.79 Å². The molecule has 0 bridgehead atoms. The van der Waals surface area contributed by atoms with E-state index in [1.54, 1.807) is 6.07 Å². The first-order valence-corrected chi connectivity index (χ1v) is 9.58. The number of nitrogens with zero attached hydrogens (tertiary/aromatic N) is 3. The number of non-ortho nitro benzene ring substituents is 1. The number of nitro groups is 1. The fraction of sp³-hybridized carbons (Fsp3) is 0.143. The molecule has 0 aromatic heterocycles. The van der Waals surface area contributed by atoms with E-state index < -0.39 is 24.9 Å². The molecule has 0 aliphatic rings. The van der Waals surface area contributed by atoms with Crippen LogP contribution < -0.4 is 0 Å². The second-order valence-electron chi connectivity index (χ2n) is 4.92. The van der Waals surface area contributed by atoms with Gasteiger partial charge in [-0.25, -0.2) is 8.51 Å². The molecule has 0 aliphatic carbocycles. The Morgan fingerprint density at radius 3 is 1.92 bits per heavy atom. The first-order valence-electron chi connectivity index (χ1n) is 6.67. The number of nitro benzene ring substituents is 1. The summed E-state index contributed by atoms with van der Waals surface area (Å²) in [6, 6.07) is 12.2. The van der Waals surface area contributed by atoms with E-state index in [1.165, 1.54) is 54.8 Å². The van der Waals surface area contributed by atoms with Crippen molar-refractivity contribution in [3.63, 3.8) is 0 Å². The van der Waals surface area contributed by atoms with Crippen molar-refractivity contribution in [1.82, 2.24) is 4.31 Å². The molecule has 10 heteroatoms. The van der Waals surface area contributed by atoms with Crippen LogP contribution in [0, 0.1) is 10.1 Å². The van der Waals surface area contributed by atoms with Gasteiger partial charge in [-0.3, -0.25) is 10.1 Å². The Morgan fingerprint density at radius 1 is 0.917 bits per heavy atom. The predicted octanol–water partition coefficient (Wildman–Crippen LogP) is 2.29. The molecule has 1 atom stereocenters. The third-order valence-electron chi connectivity index (χ3n) is 3.09. The Hall–Kier alpha value is -2.30. The molecule has 0 radical (unpaired) electrons. The molecule has 128 valence electrons. The SMILES string of the molecule is CN(C)S(=O)(=NS(=O)(=O)c1ccccc1)c1ccc([N+](=O)[O-])cc1. The molecule has 0 N–H and O–H groups in total. The van der Waals surface area contributed by atoms with Crippen LogP contribution in [-0.2, 0) is 19.9 Å². The van der Waals surface area contributed by atoms with Crippen molar-refractivity contribution < 1.29 is 17.6 Å². The Morgan fingerprint density at radius 2 is 1.46 bits per heavy atom. The Kier molecular flexibility index (Phi) is 5.02. The summed E-state index contributed by atoms with van der Waals surface area (Å²) in [5, 5.41) is 10.7. The van der Waals surface area contributed by atoms with Crippen LogP contribution in [-0.4, -0.2) is 36.0 Å². The highest BCUT2D eigenvalue weighted by Gasteiger charge is 2.23. The Labute approximate surface area is 140 Å². The lowest BCUT2D eigenvalue weighted by atomic mass is 10.3. The number of hydrogen-bond acceptors (Lipinski definition) is 5. The maximum Gasteiger partial charge on any atom is 0.291 e. The first kappa shape index (κ1) is 18.0. The summed E-state index contributed by atoms with van der Waals surface area (Å²) in [6.45, 7) is 0. The van der Waals surface area contributed by atoms with Crippen LogP contribution >= 0.6 is 0 Å². The molecule has 0 amide bonds. The lowest BCUT2D eigenvalue weighted by Gasteiger charge is -2.17. The van der Waals surface area contributed by atoms with Crippen molar-refractivity contribution in [3.8, 4) is 0 Å². The van der Waals surface area contributed by atoms with Gasteiger partial charge in [0.15, 0.2) is 9.92 Å². The number of hydrogen-bond donors (Lipinski definition) is 0. The minimum Gasteiger partial charge on any atom is -0.258 e. The van der Waals surface area contributed by atoms with Crippen LogP contribution in [0.3, 0.4) is 0 Å². The smallest absolute Gasteiger partial charge is 0.258 e. The zero-order chi connectivity index (χ0) is 18.0. The number of benzene rings is 2. The minimum absolute atomic E-state index is 0.0672. The largest absolute Gasteiger partial charge is 0.291 e. The van der Waals surface area contributed by atoms with Crippen molar-refractivity contribution in [2.75, 3.05) is 14.1 Å². The molecular weight excluding hydrogens is 354 g/mol. The molecule has 0 spiro atoms. The third kappa shape index (κ3) is 3.61. The van der Waals surface area contributed by atoms with Crippen molar-refractivity contribution >= 4 is 25.6 Å². The van der Waals surface area contributed by atoms with E-state index in [1.807, 2.05) is 0 Å². The van der Waals surface area contributed by atoms with E-state index in [0.29, 0.717) is 0 Å². The summed E-state index contributed by atoms with van der Waals surface area (Å²) in [5.74, 6) is 0. The molecule has 2 aromatic rings. The van der Waals surface area contributed by atoms with Crippen molar-refractivity contribution in [1.29, 1.82) is 0 Å². The Bertz CT molecular complexity index is 961. The van der Waals surface area contributed by atoms with Gasteiger partial charge in [-0.2, -0.15) is 8.42 Å². The van der Waals surface area contributed by atoms with E-state index in [9.17, 15) is 22.7 Å². The lowest BCUT2D eigenvalue weighted by molar-refractivity contribution is -0.384. The Balaban J connectivity index is 2.63. The quantitative estimate of drug-likeness (QED) is 0.593. The molecule has 0 heterocycles. The summed E-state index contributed by atoms with van der Waals surface area (Å²) < 4.78 is 42.8. The summed E-state index contributed by atoms with van der Waals surface area (Å²) >= 11 is 0. The molecule has 0 saturated heterocycles. The highest BCUT2D eigenvalue weighted by molar-refractivity contribution is 8.02.